The van der Waals surface area contributed by atoms with Crippen molar-refractivity contribution < 1.29 is 9.53 Å². The number of hydrogen-bond donors (Lipinski definition) is 0. The Morgan fingerprint density at radius 3 is 2.43 bits per heavy atom. The minimum Gasteiger partial charge on any atom is -0.378 e. The highest BCUT2D eigenvalue weighted by Crippen LogP contribution is 2.10. The topological polar surface area (TPSA) is 53.8 Å². The smallest absolute Gasteiger partial charge is 0.320 e. The molecule has 0 spiro atoms. The lowest BCUT2D eigenvalue weighted by Gasteiger charge is -2.38. The number of carbonyl (C=O) groups excluding carboxylic acids is 1. The van der Waals surface area contributed by atoms with Crippen LogP contribution in [0.15, 0.2) is 16.9 Å². The lowest BCUT2D eigenvalue weighted by atomic mass is 10.3. The van der Waals surface area contributed by atoms with E-state index in [2.05, 4.69) is 25.9 Å². The van der Waals surface area contributed by atoms with Gasteiger partial charge in [0.05, 0.1) is 30.6 Å². The number of amides is 2. The van der Waals surface area contributed by atoms with Crippen LogP contribution in [0, 0.1) is 0 Å². The van der Waals surface area contributed by atoms with Crippen LogP contribution in [0.3, 0.4) is 0 Å². The first-order chi connectivity index (χ1) is 10.2. The van der Waals surface area contributed by atoms with Gasteiger partial charge in [0.15, 0.2) is 0 Å². The van der Waals surface area contributed by atoms with Crippen LogP contribution in [0.25, 0.3) is 0 Å². The number of piperazine rings is 1. The van der Waals surface area contributed by atoms with E-state index in [0.29, 0.717) is 26.3 Å². The van der Waals surface area contributed by atoms with E-state index in [1.165, 1.54) is 0 Å². The average molecular weight is 358 g/mol. The van der Waals surface area contributed by atoms with Gasteiger partial charge < -0.3 is 14.5 Å². The second kappa shape index (κ2) is 6.76. The Bertz CT molecular complexity index is 481. The third-order valence-electron chi connectivity index (χ3n) is 3.87. The molecule has 3 heterocycles. The van der Waals surface area contributed by atoms with Crippen molar-refractivity contribution in [3.63, 3.8) is 0 Å². The molecule has 1 aromatic heterocycles. The average Bonchev–Trinajstić information content (AvgIpc) is 2.93. The van der Waals surface area contributed by atoms with Gasteiger partial charge in [-0.05, 0) is 15.9 Å². The first-order valence-electron chi connectivity index (χ1n) is 7.24. The van der Waals surface area contributed by atoms with Gasteiger partial charge in [0.1, 0.15) is 0 Å². The van der Waals surface area contributed by atoms with Crippen molar-refractivity contribution in [2.24, 2.45) is 0 Å². The standard InChI is InChI=1S/C13H20BrN5O2/c14-12-9-15-19(10-12)11-16-1-3-17(4-2-16)13(20)18-5-7-21-8-6-18/h9-10H,1-8,11H2. The maximum Gasteiger partial charge on any atom is 0.320 e. The third kappa shape index (κ3) is 3.75. The van der Waals surface area contributed by atoms with Gasteiger partial charge in [-0.15, -0.1) is 0 Å². The Morgan fingerprint density at radius 2 is 1.81 bits per heavy atom. The number of carbonyl (C=O) groups is 1. The molecular weight excluding hydrogens is 338 g/mol. The summed E-state index contributed by atoms with van der Waals surface area (Å²) >= 11 is 3.40. The molecule has 0 saturated carbocycles. The molecule has 2 aliphatic heterocycles. The van der Waals surface area contributed by atoms with E-state index in [1.807, 2.05) is 20.7 Å². The Balaban J connectivity index is 1.47. The molecule has 0 unspecified atom stereocenters. The summed E-state index contributed by atoms with van der Waals surface area (Å²) in [6.07, 6.45) is 3.75. The van der Waals surface area contributed by atoms with Gasteiger partial charge in [-0.2, -0.15) is 5.10 Å². The predicted octanol–water partition coefficient (Wildman–Crippen LogP) is 0.673. The van der Waals surface area contributed by atoms with Crippen molar-refractivity contribution in [2.45, 2.75) is 6.67 Å². The number of morpholine rings is 1. The maximum absolute atomic E-state index is 12.4. The normalized spacial score (nSPS) is 20.8. The molecular formula is C13H20BrN5O2. The fourth-order valence-electron chi connectivity index (χ4n) is 2.66. The monoisotopic (exact) mass is 357 g/mol. The van der Waals surface area contributed by atoms with E-state index < -0.39 is 0 Å². The van der Waals surface area contributed by atoms with Gasteiger partial charge in [0.2, 0.25) is 0 Å². The second-order valence-corrected chi connectivity index (χ2v) is 6.24. The molecule has 1 aromatic rings. The SMILES string of the molecule is O=C(N1CCOCC1)N1CCN(Cn2cc(Br)cn2)CC1. The summed E-state index contributed by atoms with van der Waals surface area (Å²) in [4.78, 5) is 18.5. The number of halogens is 1. The molecule has 116 valence electrons. The lowest BCUT2D eigenvalue weighted by Crippen LogP contribution is -2.54. The zero-order chi connectivity index (χ0) is 14.7. The quantitative estimate of drug-likeness (QED) is 0.780. The molecule has 2 amide bonds. The molecule has 7 nitrogen and oxygen atoms in total. The molecule has 0 radical (unpaired) electrons. The van der Waals surface area contributed by atoms with E-state index >= 15 is 0 Å². The van der Waals surface area contributed by atoms with Crippen molar-refractivity contribution in [1.29, 1.82) is 0 Å². The third-order valence-corrected chi connectivity index (χ3v) is 4.28. The van der Waals surface area contributed by atoms with Gasteiger partial charge >= 0.3 is 6.03 Å². The molecule has 0 N–H and O–H groups in total. The van der Waals surface area contributed by atoms with Crippen molar-refractivity contribution in [2.75, 3.05) is 52.5 Å². The predicted molar refractivity (Wildman–Crippen MR) is 80.9 cm³/mol. The van der Waals surface area contributed by atoms with Crippen molar-refractivity contribution in [3.8, 4) is 0 Å². The number of hydrogen-bond acceptors (Lipinski definition) is 4. The lowest BCUT2D eigenvalue weighted by molar-refractivity contribution is 0.0355. The van der Waals surface area contributed by atoms with Gasteiger partial charge in [0, 0.05) is 45.5 Å². The molecule has 21 heavy (non-hydrogen) atoms. The van der Waals surface area contributed by atoms with E-state index in [4.69, 9.17) is 4.74 Å². The summed E-state index contributed by atoms with van der Waals surface area (Å²) in [7, 11) is 0. The van der Waals surface area contributed by atoms with Crippen LogP contribution in [-0.2, 0) is 11.4 Å². The first kappa shape index (κ1) is 14.8. The first-order valence-corrected chi connectivity index (χ1v) is 8.03. The van der Waals surface area contributed by atoms with Crippen LogP contribution < -0.4 is 0 Å². The molecule has 2 fully saturated rings. The molecule has 2 saturated heterocycles. The summed E-state index contributed by atoms with van der Waals surface area (Å²) in [6.45, 7) is 6.81. The molecule has 0 bridgehead atoms. The molecule has 0 aliphatic carbocycles. The van der Waals surface area contributed by atoms with E-state index in [-0.39, 0.29) is 6.03 Å². The zero-order valence-corrected chi connectivity index (χ0v) is 13.5. The molecule has 3 rings (SSSR count). The van der Waals surface area contributed by atoms with Crippen LogP contribution in [0.2, 0.25) is 0 Å². The van der Waals surface area contributed by atoms with E-state index in [9.17, 15) is 4.79 Å². The fourth-order valence-corrected chi connectivity index (χ4v) is 2.98. The summed E-state index contributed by atoms with van der Waals surface area (Å²) in [5.41, 5.74) is 0. The van der Waals surface area contributed by atoms with Gasteiger partial charge in [-0.1, -0.05) is 0 Å². The van der Waals surface area contributed by atoms with E-state index in [0.717, 1.165) is 37.3 Å². The Kier molecular flexibility index (Phi) is 4.77. The molecule has 8 heteroatoms. The van der Waals surface area contributed by atoms with Crippen LogP contribution >= 0.6 is 15.9 Å². The van der Waals surface area contributed by atoms with Gasteiger partial charge in [-0.25, -0.2) is 4.79 Å². The number of nitrogens with zero attached hydrogens (tertiary/aromatic N) is 5. The van der Waals surface area contributed by atoms with Crippen molar-refractivity contribution in [3.05, 3.63) is 16.9 Å². The Morgan fingerprint density at radius 1 is 1.14 bits per heavy atom. The number of aromatic nitrogens is 2. The second-order valence-electron chi connectivity index (χ2n) is 5.33. The Labute approximate surface area is 132 Å². The number of ether oxygens (including phenoxy) is 1. The minimum atomic E-state index is 0.153. The Hall–Kier alpha value is -1.12. The molecule has 0 aromatic carbocycles. The maximum atomic E-state index is 12.4. The highest BCUT2D eigenvalue weighted by Gasteiger charge is 2.26. The van der Waals surface area contributed by atoms with Crippen LogP contribution in [0.1, 0.15) is 0 Å². The minimum absolute atomic E-state index is 0.153. The largest absolute Gasteiger partial charge is 0.378 e. The number of rotatable bonds is 2. The summed E-state index contributed by atoms with van der Waals surface area (Å²) < 4.78 is 8.18. The van der Waals surface area contributed by atoms with Gasteiger partial charge in [0.25, 0.3) is 0 Å². The van der Waals surface area contributed by atoms with Crippen molar-refractivity contribution in [1.82, 2.24) is 24.5 Å². The summed E-state index contributed by atoms with van der Waals surface area (Å²) in [5.74, 6) is 0. The van der Waals surface area contributed by atoms with Crippen LogP contribution in [0.4, 0.5) is 4.79 Å². The van der Waals surface area contributed by atoms with E-state index in [1.54, 1.807) is 6.20 Å². The van der Waals surface area contributed by atoms with Gasteiger partial charge in [-0.3, -0.25) is 9.58 Å². The summed E-state index contributed by atoms with van der Waals surface area (Å²) in [6, 6.07) is 0.153. The van der Waals surface area contributed by atoms with Crippen LogP contribution in [-0.4, -0.2) is 83.0 Å². The highest BCUT2D eigenvalue weighted by molar-refractivity contribution is 9.10. The number of urea groups is 1. The summed E-state index contributed by atoms with van der Waals surface area (Å²) in [5, 5.41) is 4.26. The molecule has 2 aliphatic rings. The van der Waals surface area contributed by atoms with Crippen molar-refractivity contribution >= 4 is 22.0 Å². The zero-order valence-electron chi connectivity index (χ0n) is 11.9. The van der Waals surface area contributed by atoms with Crippen LogP contribution in [0.5, 0.6) is 0 Å². The fraction of sp³-hybridized carbons (Fsp3) is 0.692. The molecule has 0 atom stereocenters. The highest BCUT2D eigenvalue weighted by atomic mass is 79.9.